The maximum Gasteiger partial charge on any atom is 0.269 e. The van der Waals surface area contributed by atoms with E-state index in [1.165, 1.54) is 18.2 Å². The molecule has 5 rings (SSSR count). The molecule has 1 fully saturated rings. The Morgan fingerprint density at radius 2 is 1.82 bits per heavy atom. The highest BCUT2D eigenvalue weighted by atomic mass is 16.6. The van der Waals surface area contributed by atoms with Crippen LogP contribution in [0.1, 0.15) is 27.5 Å². The average molecular weight is 447 g/mol. The first-order valence-corrected chi connectivity index (χ1v) is 10.6. The molecule has 0 unspecified atom stereocenters. The second-order valence-corrected chi connectivity index (χ2v) is 8.22. The van der Waals surface area contributed by atoms with E-state index in [9.17, 15) is 25.4 Å². The van der Waals surface area contributed by atoms with Gasteiger partial charge in [-0.1, -0.05) is 48.5 Å². The van der Waals surface area contributed by atoms with Crippen LogP contribution in [0.2, 0.25) is 0 Å². The number of fused-ring (bicyclic) bond motifs is 3. The molecule has 3 heterocycles. The van der Waals surface area contributed by atoms with Crippen LogP contribution in [0.3, 0.4) is 0 Å². The van der Waals surface area contributed by atoms with Crippen molar-refractivity contribution in [3.63, 3.8) is 0 Å². The van der Waals surface area contributed by atoms with E-state index in [1.54, 1.807) is 71.8 Å². The monoisotopic (exact) mass is 447 g/mol. The number of carbonyl (C=O) groups is 1. The van der Waals surface area contributed by atoms with E-state index in [2.05, 4.69) is 17.1 Å². The molecule has 164 valence electrons. The van der Waals surface area contributed by atoms with Crippen LogP contribution in [-0.2, 0) is 0 Å². The highest BCUT2D eigenvalue weighted by Crippen LogP contribution is 2.55. The van der Waals surface area contributed by atoms with Crippen molar-refractivity contribution in [3.8, 4) is 12.1 Å². The molecule has 2 aromatic carbocycles. The minimum Gasteiger partial charge on any atom is -0.349 e. The Hall–Kier alpha value is -4.82. The minimum atomic E-state index is -1.67. The lowest BCUT2D eigenvalue weighted by Crippen LogP contribution is -2.44. The summed E-state index contributed by atoms with van der Waals surface area (Å²) in [6, 6.07) is 20.7. The summed E-state index contributed by atoms with van der Waals surface area (Å²) >= 11 is 0. The fraction of sp³-hybridized carbons (Fsp3) is 0.154. The van der Waals surface area contributed by atoms with Crippen molar-refractivity contribution in [2.24, 2.45) is 5.41 Å². The minimum absolute atomic E-state index is 0.171. The molecule has 1 aromatic heterocycles. The number of non-ortho nitro benzene ring substituents is 1. The van der Waals surface area contributed by atoms with Crippen molar-refractivity contribution in [3.05, 3.63) is 106 Å². The molecule has 2 aliphatic rings. The second-order valence-electron chi connectivity index (χ2n) is 8.22. The fourth-order valence-corrected chi connectivity index (χ4v) is 5.09. The standard InChI is InChI=1S/C26H17N5O3/c27-15-26(16-28)22-12-11-20-21(10-5-13-29-20)30(22)24(25(32)17-6-2-1-3-7-17)23(26)18-8-4-9-19(14-18)31(33)34/h1-14,22-24H/t22-,23-,24-/m1/s1. The third-order valence-electron chi connectivity index (χ3n) is 6.54. The quantitative estimate of drug-likeness (QED) is 0.332. The van der Waals surface area contributed by atoms with E-state index in [1.807, 2.05) is 0 Å². The van der Waals surface area contributed by atoms with Gasteiger partial charge in [0.2, 0.25) is 0 Å². The van der Waals surface area contributed by atoms with Gasteiger partial charge in [-0.3, -0.25) is 19.9 Å². The number of rotatable bonds is 4. The molecule has 0 bridgehead atoms. The van der Waals surface area contributed by atoms with Crippen molar-refractivity contribution in [2.75, 3.05) is 4.90 Å². The van der Waals surface area contributed by atoms with Gasteiger partial charge in [0.05, 0.1) is 34.5 Å². The lowest BCUT2D eigenvalue weighted by Gasteiger charge is -2.34. The number of nitrogens with zero attached hydrogens (tertiary/aromatic N) is 5. The van der Waals surface area contributed by atoms with Gasteiger partial charge in [0.15, 0.2) is 11.2 Å². The van der Waals surface area contributed by atoms with Crippen LogP contribution >= 0.6 is 0 Å². The molecular weight excluding hydrogens is 430 g/mol. The first-order valence-electron chi connectivity index (χ1n) is 10.6. The van der Waals surface area contributed by atoms with Crippen LogP contribution in [0.4, 0.5) is 11.4 Å². The number of carbonyl (C=O) groups excluding carboxylic acids is 1. The van der Waals surface area contributed by atoms with Crippen molar-refractivity contribution < 1.29 is 9.72 Å². The van der Waals surface area contributed by atoms with Crippen LogP contribution in [-0.4, -0.2) is 27.8 Å². The van der Waals surface area contributed by atoms with Crippen LogP contribution in [0.5, 0.6) is 0 Å². The molecule has 8 heteroatoms. The summed E-state index contributed by atoms with van der Waals surface area (Å²) in [5.41, 5.74) is 0.221. The lowest BCUT2D eigenvalue weighted by atomic mass is 9.69. The van der Waals surface area contributed by atoms with Gasteiger partial charge in [-0.2, -0.15) is 10.5 Å². The molecule has 0 amide bonds. The molecule has 0 radical (unpaired) electrons. The molecule has 34 heavy (non-hydrogen) atoms. The first kappa shape index (κ1) is 21.0. The number of ketones is 1. The number of hydrogen-bond donors (Lipinski definition) is 0. The Bertz CT molecular complexity index is 1410. The Morgan fingerprint density at radius 1 is 1.06 bits per heavy atom. The Labute approximate surface area is 195 Å². The fourth-order valence-electron chi connectivity index (χ4n) is 5.09. The van der Waals surface area contributed by atoms with Gasteiger partial charge >= 0.3 is 0 Å². The number of nitro benzene ring substituents is 1. The number of hydrogen-bond acceptors (Lipinski definition) is 7. The van der Waals surface area contributed by atoms with Crippen molar-refractivity contribution in [2.45, 2.75) is 18.0 Å². The van der Waals surface area contributed by atoms with Gasteiger partial charge in [0.25, 0.3) is 5.69 Å². The molecule has 0 aliphatic carbocycles. The van der Waals surface area contributed by atoms with Gasteiger partial charge in [-0.25, -0.2) is 0 Å². The van der Waals surface area contributed by atoms with E-state index in [0.29, 0.717) is 22.5 Å². The summed E-state index contributed by atoms with van der Waals surface area (Å²) in [7, 11) is 0. The average Bonchev–Trinajstić information content (AvgIpc) is 3.20. The molecule has 2 aliphatic heterocycles. The second kappa shape index (κ2) is 7.95. The number of anilines is 1. The topological polar surface area (TPSA) is 124 Å². The van der Waals surface area contributed by atoms with Gasteiger partial charge in [-0.05, 0) is 23.8 Å². The third-order valence-corrected chi connectivity index (χ3v) is 6.54. The van der Waals surface area contributed by atoms with Crippen LogP contribution < -0.4 is 4.90 Å². The van der Waals surface area contributed by atoms with Gasteiger partial charge in [-0.15, -0.1) is 0 Å². The Morgan fingerprint density at radius 3 is 2.53 bits per heavy atom. The first-order chi connectivity index (χ1) is 16.5. The normalized spacial score (nSPS) is 21.6. The number of nitro groups is 1. The predicted molar refractivity (Wildman–Crippen MR) is 124 cm³/mol. The molecule has 8 nitrogen and oxygen atoms in total. The largest absolute Gasteiger partial charge is 0.349 e. The number of nitriles is 2. The summed E-state index contributed by atoms with van der Waals surface area (Å²) < 4.78 is 0. The molecule has 0 saturated carbocycles. The molecule has 3 aromatic rings. The summed E-state index contributed by atoms with van der Waals surface area (Å²) in [4.78, 5) is 31.1. The maximum atomic E-state index is 14.0. The van der Waals surface area contributed by atoms with Crippen LogP contribution in [0.15, 0.2) is 79.0 Å². The SMILES string of the molecule is N#CC1(C#N)[C@H](c2cccc([N+](=O)[O-])c2)[C@H](C(=O)c2ccccc2)N2c3cccnc3C=C[C@@H]21. The van der Waals surface area contributed by atoms with Gasteiger partial charge in [0.1, 0.15) is 6.04 Å². The van der Waals surface area contributed by atoms with Gasteiger partial charge < -0.3 is 4.90 Å². The predicted octanol–water partition coefficient (Wildman–Crippen LogP) is 4.27. The number of benzene rings is 2. The number of pyridine rings is 1. The van der Waals surface area contributed by atoms with Crippen LogP contribution in [0.25, 0.3) is 6.08 Å². The summed E-state index contributed by atoms with van der Waals surface area (Å²) in [6.45, 7) is 0. The van der Waals surface area contributed by atoms with Crippen molar-refractivity contribution in [1.29, 1.82) is 10.5 Å². The molecular formula is C26H17N5O3. The van der Waals surface area contributed by atoms with E-state index in [-0.39, 0.29) is 11.5 Å². The number of Topliss-reactive ketones (excluding diaryl/α,β-unsaturated/α-hetero) is 1. The van der Waals surface area contributed by atoms with Crippen molar-refractivity contribution in [1.82, 2.24) is 4.98 Å². The van der Waals surface area contributed by atoms with E-state index in [0.717, 1.165) is 0 Å². The highest BCUT2D eigenvalue weighted by Gasteiger charge is 2.63. The zero-order chi connectivity index (χ0) is 23.9. The molecule has 0 spiro atoms. The van der Waals surface area contributed by atoms with E-state index >= 15 is 0 Å². The summed E-state index contributed by atoms with van der Waals surface area (Å²) in [6.07, 6.45) is 5.11. The number of aromatic nitrogens is 1. The zero-order valence-corrected chi connectivity index (χ0v) is 17.8. The molecule has 3 atom stereocenters. The third kappa shape index (κ3) is 2.97. The smallest absolute Gasteiger partial charge is 0.269 e. The van der Waals surface area contributed by atoms with E-state index < -0.39 is 28.3 Å². The molecule has 1 saturated heterocycles. The highest BCUT2D eigenvalue weighted by molar-refractivity contribution is 6.04. The Balaban J connectivity index is 1.80. The summed E-state index contributed by atoms with van der Waals surface area (Å²) in [5, 5.41) is 32.3. The van der Waals surface area contributed by atoms with Crippen LogP contribution in [0, 0.1) is 38.2 Å². The zero-order valence-electron chi connectivity index (χ0n) is 17.8. The summed E-state index contributed by atoms with van der Waals surface area (Å²) in [5.74, 6) is -1.23. The molecule has 0 N–H and O–H groups in total. The van der Waals surface area contributed by atoms with Gasteiger partial charge in [0, 0.05) is 29.8 Å². The van der Waals surface area contributed by atoms with Crippen molar-refractivity contribution >= 4 is 23.2 Å². The lowest BCUT2D eigenvalue weighted by molar-refractivity contribution is -0.384. The van der Waals surface area contributed by atoms with E-state index in [4.69, 9.17) is 0 Å². The Kier molecular flexibility index (Phi) is 4.92. The maximum absolute atomic E-state index is 14.0.